The van der Waals surface area contributed by atoms with Gasteiger partial charge in [0.25, 0.3) is 0 Å². The molecule has 0 amide bonds. The van der Waals surface area contributed by atoms with Crippen LogP contribution in [0.25, 0.3) is 0 Å². The van der Waals surface area contributed by atoms with Crippen molar-refractivity contribution in [1.82, 2.24) is 0 Å². The molecule has 1 aromatic rings. The molecule has 0 aliphatic rings. The van der Waals surface area contributed by atoms with Crippen LogP contribution in [0.5, 0.6) is 0 Å². The summed E-state index contributed by atoms with van der Waals surface area (Å²) in [7, 11) is 2.17. The Hall–Kier alpha value is -1.18. The van der Waals surface area contributed by atoms with Crippen LogP contribution in [0.3, 0.4) is 0 Å². The van der Waals surface area contributed by atoms with Crippen molar-refractivity contribution in [3.63, 3.8) is 0 Å². The van der Waals surface area contributed by atoms with Crippen LogP contribution in [0.2, 0.25) is 0 Å². The molecule has 2 unspecified atom stereocenters. The van der Waals surface area contributed by atoms with Crippen LogP contribution in [-0.4, -0.2) is 19.6 Å². The van der Waals surface area contributed by atoms with Gasteiger partial charge in [-0.25, -0.2) is 0 Å². The maximum absolute atomic E-state index is 3.49. The van der Waals surface area contributed by atoms with Gasteiger partial charge in [-0.05, 0) is 43.5 Å². The molecular weight excluding hydrogens is 220 g/mol. The van der Waals surface area contributed by atoms with Gasteiger partial charge >= 0.3 is 0 Å². The van der Waals surface area contributed by atoms with E-state index in [1.807, 2.05) is 0 Å². The number of hydrogen-bond acceptors (Lipinski definition) is 2. The summed E-state index contributed by atoms with van der Waals surface area (Å²) >= 11 is 0. The minimum atomic E-state index is 0.536. The summed E-state index contributed by atoms with van der Waals surface area (Å²) in [5.74, 6) is 0.743. The van der Waals surface area contributed by atoms with Crippen LogP contribution in [-0.2, 0) is 0 Å². The molecule has 102 valence electrons. The Morgan fingerprint density at radius 1 is 1.06 bits per heavy atom. The lowest BCUT2D eigenvalue weighted by molar-refractivity contribution is 0.560. The number of nitrogens with zero attached hydrogens (tertiary/aromatic N) is 1. The lowest BCUT2D eigenvalue weighted by atomic mass is 10.1. The van der Waals surface area contributed by atoms with Crippen LogP contribution in [0.1, 0.15) is 40.5 Å². The molecule has 1 aromatic carbocycles. The molecule has 0 radical (unpaired) electrons. The standard InChI is InChI=1S/C16H28N2/c1-6-13(3)12-18(5)16-10-8-15(9-11-16)17-14(4)7-2/h8-11,13-14,17H,6-7,12H2,1-5H3. The highest BCUT2D eigenvalue weighted by Gasteiger charge is 2.06. The average molecular weight is 248 g/mol. The second kappa shape index (κ2) is 7.30. The van der Waals surface area contributed by atoms with Crippen molar-refractivity contribution in [1.29, 1.82) is 0 Å². The van der Waals surface area contributed by atoms with Crippen molar-refractivity contribution in [2.24, 2.45) is 5.92 Å². The molecule has 0 aromatic heterocycles. The van der Waals surface area contributed by atoms with Gasteiger partial charge in [0.2, 0.25) is 0 Å². The van der Waals surface area contributed by atoms with E-state index in [0.29, 0.717) is 6.04 Å². The third kappa shape index (κ3) is 4.59. The predicted octanol–water partition coefficient (Wildman–Crippen LogP) is 4.38. The lowest BCUT2D eigenvalue weighted by Gasteiger charge is -2.23. The maximum atomic E-state index is 3.49. The first kappa shape index (κ1) is 14.9. The van der Waals surface area contributed by atoms with E-state index in [1.54, 1.807) is 0 Å². The van der Waals surface area contributed by atoms with Crippen LogP contribution in [0.4, 0.5) is 11.4 Å². The van der Waals surface area contributed by atoms with Crippen LogP contribution in [0, 0.1) is 5.92 Å². The number of anilines is 2. The van der Waals surface area contributed by atoms with Crippen LogP contribution >= 0.6 is 0 Å². The normalized spacial score (nSPS) is 14.1. The summed E-state index contributed by atoms with van der Waals surface area (Å²) in [6.45, 7) is 10.1. The molecule has 1 N–H and O–H groups in total. The fourth-order valence-corrected chi connectivity index (χ4v) is 1.90. The van der Waals surface area contributed by atoms with E-state index in [1.165, 1.54) is 17.8 Å². The highest BCUT2D eigenvalue weighted by Crippen LogP contribution is 2.19. The molecule has 0 spiro atoms. The molecule has 18 heavy (non-hydrogen) atoms. The van der Waals surface area contributed by atoms with Crippen molar-refractivity contribution in [2.45, 2.75) is 46.6 Å². The largest absolute Gasteiger partial charge is 0.383 e. The Labute approximate surface area is 112 Å². The smallest absolute Gasteiger partial charge is 0.0365 e. The third-order valence-electron chi connectivity index (χ3n) is 3.62. The van der Waals surface area contributed by atoms with Gasteiger partial charge in [0.15, 0.2) is 0 Å². The molecule has 0 saturated carbocycles. The van der Waals surface area contributed by atoms with Crippen molar-refractivity contribution in [3.8, 4) is 0 Å². The number of nitrogens with one attached hydrogen (secondary N) is 1. The van der Waals surface area contributed by atoms with E-state index in [4.69, 9.17) is 0 Å². The van der Waals surface area contributed by atoms with Gasteiger partial charge in [-0.1, -0.05) is 27.2 Å². The van der Waals surface area contributed by atoms with E-state index < -0.39 is 0 Å². The number of benzene rings is 1. The lowest BCUT2D eigenvalue weighted by Crippen LogP contribution is -2.23. The molecular formula is C16H28N2. The van der Waals surface area contributed by atoms with Crippen molar-refractivity contribution >= 4 is 11.4 Å². The number of rotatable bonds is 7. The fraction of sp³-hybridized carbons (Fsp3) is 0.625. The second-order valence-corrected chi connectivity index (χ2v) is 5.39. The molecule has 0 aliphatic heterocycles. The van der Waals surface area contributed by atoms with E-state index >= 15 is 0 Å². The topological polar surface area (TPSA) is 15.3 Å². The Kier molecular flexibility index (Phi) is 6.03. The van der Waals surface area contributed by atoms with E-state index in [9.17, 15) is 0 Å². The van der Waals surface area contributed by atoms with Gasteiger partial charge in [-0.15, -0.1) is 0 Å². The van der Waals surface area contributed by atoms with Crippen LogP contribution in [0.15, 0.2) is 24.3 Å². The SMILES string of the molecule is CCC(C)CN(C)c1ccc(NC(C)CC)cc1. The second-order valence-electron chi connectivity index (χ2n) is 5.39. The molecule has 0 saturated heterocycles. The average Bonchev–Trinajstić information content (AvgIpc) is 2.39. The molecule has 2 atom stereocenters. The summed E-state index contributed by atoms with van der Waals surface area (Å²) in [5.41, 5.74) is 2.51. The first-order valence-corrected chi connectivity index (χ1v) is 7.14. The van der Waals surface area contributed by atoms with E-state index in [2.05, 4.69) is 69.2 Å². The van der Waals surface area contributed by atoms with E-state index in [-0.39, 0.29) is 0 Å². The third-order valence-corrected chi connectivity index (χ3v) is 3.62. The molecule has 2 heteroatoms. The van der Waals surface area contributed by atoms with Crippen molar-refractivity contribution in [2.75, 3.05) is 23.8 Å². The summed E-state index contributed by atoms with van der Waals surface area (Å²) < 4.78 is 0. The van der Waals surface area contributed by atoms with Gasteiger partial charge in [0, 0.05) is 31.0 Å². The summed E-state index contributed by atoms with van der Waals surface area (Å²) in [4.78, 5) is 2.33. The van der Waals surface area contributed by atoms with Gasteiger partial charge in [0.05, 0.1) is 0 Å². The predicted molar refractivity (Wildman–Crippen MR) is 82.5 cm³/mol. The quantitative estimate of drug-likeness (QED) is 0.770. The first-order chi connectivity index (χ1) is 8.56. The fourth-order valence-electron chi connectivity index (χ4n) is 1.90. The molecule has 0 bridgehead atoms. The summed E-state index contributed by atoms with van der Waals surface area (Å²) in [6.07, 6.45) is 2.38. The molecule has 1 rings (SSSR count). The Morgan fingerprint density at radius 3 is 2.17 bits per heavy atom. The van der Waals surface area contributed by atoms with Gasteiger partial charge in [0.1, 0.15) is 0 Å². The summed E-state index contributed by atoms with van der Waals surface area (Å²) in [6, 6.07) is 9.29. The maximum Gasteiger partial charge on any atom is 0.0365 e. The molecule has 0 heterocycles. The first-order valence-electron chi connectivity index (χ1n) is 7.14. The molecule has 0 fully saturated rings. The highest BCUT2D eigenvalue weighted by molar-refractivity contribution is 5.55. The van der Waals surface area contributed by atoms with Crippen LogP contribution < -0.4 is 10.2 Å². The van der Waals surface area contributed by atoms with Gasteiger partial charge < -0.3 is 10.2 Å². The summed E-state index contributed by atoms with van der Waals surface area (Å²) in [5, 5.41) is 3.49. The molecule has 2 nitrogen and oxygen atoms in total. The van der Waals surface area contributed by atoms with Gasteiger partial charge in [-0.3, -0.25) is 0 Å². The zero-order valence-corrected chi connectivity index (χ0v) is 12.5. The Bertz CT molecular complexity index is 331. The minimum Gasteiger partial charge on any atom is -0.383 e. The zero-order valence-electron chi connectivity index (χ0n) is 12.5. The number of hydrogen-bond donors (Lipinski definition) is 1. The minimum absolute atomic E-state index is 0.536. The monoisotopic (exact) mass is 248 g/mol. The van der Waals surface area contributed by atoms with Crippen molar-refractivity contribution in [3.05, 3.63) is 24.3 Å². The van der Waals surface area contributed by atoms with E-state index in [0.717, 1.165) is 18.9 Å². The molecule has 0 aliphatic carbocycles. The highest BCUT2D eigenvalue weighted by atomic mass is 15.1. The van der Waals surface area contributed by atoms with Crippen molar-refractivity contribution < 1.29 is 0 Å². The Balaban J connectivity index is 2.59. The zero-order chi connectivity index (χ0) is 13.5. The Morgan fingerprint density at radius 2 is 1.67 bits per heavy atom. The van der Waals surface area contributed by atoms with Gasteiger partial charge in [-0.2, -0.15) is 0 Å².